The monoisotopic (exact) mass is 415 g/mol. The van der Waals surface area contributed by atoms with Crippen LogP contribution < -0.4 is 4.90 Å². The molecule has 0 aliphatic carbocycles. The van der Waals surface area contributed by atoms with Crippen molar-refractivity contribution >= 4 is 21.5 Å². The molecule has 1 fully saturated rings. The molecule has 152 valence electrons. The van der Waals surface area contributed by atoms with Gasteiger partial charge in [-0.25, -0.2) is 8.42 Å². The van der Waals surface area contributed by atoms with Gasteiger partial charge in [-0.15, -0.1) is 10.2 Å². The molecule has 9 nitrogen and oxygen atoms in total. The number of rotatable bonds is 5. The molecule has 0 bridgehead atoms. The summed E-state index contributed by atoms with van der Waals surface area (Å²) in [7, 11) is -3.63. The van der Waals surface area contributed by atoms with Crippen molar-refractivity contribution in [1.29, 1.82) is 0 Å². The normalized spacial score (nSPS) is 15.6. The van der Waals surface area contributed by atoms with E-state index in [0.29, 0.717) is 43.3 Å². The highest BCUT2D eigenvalue weighted by Crippen LogP contribution is 2.25. The zero-order chi connectivity index (χ0) is 20.6. The van der Waals surface area contributed by atoms with Crippen molar-refractivity contribution in [1.82, 2.24) is 19.5 Å². The Morgan fingerprint density at radius 3 is 2.38 bits per heavy atom. The number of aromatic nitrogens is 3. The van der Waals surface area contributed by atoms with Crippen LogP contribution in [0.2, 0.25) is 0 Å². The van der Waals surface area contributed by atoms with E-state index in [2.05, 4.69) is 20.1 Å². The molecule has 0 amide bonds. The molecule has 0 radical (unpaired) electrons. The Labute approximate surface area is 168 Å². The molecular weight excluding hydrogens is 394 g/mol. The molecule has 0 spiro atoms. The predicted molar refractivity (Wildman–Crippen MR) is 106 cm³/mol. The minimum Gasteiger partial charge on any atom is -0.420 e. The van der Waals surface area contributed by atoms with E-state index in [1.165, 1.54) is 23.5 Å². The highest BCUT2D eigenvalue weighted by molar-refractivity contribution is 7.89. The summed E-state index contributed by atoms with van der Waals surface area (Å²) in [6.07, 6.45) is 1.44. The van der Waals surface area contributed by atoms with Gasteiger partial charge in [-0.3, -0.25) is 4.79 Å². The van der Waals surface area contributed by atoms with Gasteiger partial charge in [-0.2, -0.15) is 4.31 Å². The smallest absolute Gasteiger partial charge is 0.264 e. The van der Waals surface area contributed by atoms with E-state index in [-0.39, 0.29) is 16.6 Å². The summed E-state index contributed by atoms with van der Waals surface area (Å²) in [6.45, 7) is 5.08. The van der Waals surface area contributed by atoms with Crippen molar-refractivity contribution in [3.8, 4) is 11.6 Å². The first kappa shape index (κ1) is 19.3. The van der Waals surface area contributed by atoms with Crippen LogP contribution in [-0.2, 0) is 10.0 Å². The number of nitrogens with zero attached hydrogens (tertiary/aromatic N) is 4. The first-order valence-electron chi connectivity index (χ1n) is 9.19. The number of ketones is 1. The van der Waals surface area contributed by atoms with E-state index in [1.54, 1.807) is 19.1 Å². The van der Waals surface area contributed by atoms with Gasteiger partial charge in [0.25, 0.3) is 5.89 Å². The zero-order valence-electron chi connectivity index (χ0n) is 16.1. The number of carbonyl (C=O) groups is 1. The summed E-state index contributed by atoms with van der Waals surface area (Å²) in [5.41, 5.74) is 2.10. The van der Waals surface area contributed by atoms with E-state index in [4.69, 9.17) is 4.42 Å². The lowest BCUT2D eigenvalue weighted by molar-refractivity contribution is 0.101. The number of benzene rings is 1. The minimum atomic E-state index is -3.63. The second-order valence-electron chi connectivity index (χ2n) is 6.87. The maximum Gasteiger partial charge on any atom is 0.264 e. The van der Waals surface area contributed by atoms with Gasteiger partial charge in [0, 0.05) is 50.6 Å². The fourth-order valence-electron chi connectivity index (χ4n) is 3.29. The number of sulfonamides is 1. The molecule has 1 aromatic carbocycles. The van der Waals surface area contributed by atoms with E-state index in [9.17, 15) is 13.2 Å². The number of hydrogen-bond acceptors (Lipinski definition) is 7. The van der Waals surface area contributed by atoms with E-state index in [1.807, 2.05) is 12.1 Å². The van der Waals surface area contributed by atoms with E-state index >= 15 is 0 Å². The third kappa shape index (κ3) is 3.81. The van der Waals surface area contributed by atoms with Crippen molar-refractivity contribution in [2.75, 3.05) is 31.1 Å². The highest BCUT2D eigenvalue weighted by atomic mass is 32.2. The number of aryl methyl sites for hydroxylation is 1. The van der Waals surface area contributed by atoms with Gasteiger partial charge in [-0.1, -0.05) is 0 Å². The molecule has 1 N–H and O–H groups in total. The van der Waals surface area contributed by atoms with E-state index in [0.717, 1.165) is 5.69 Å². The Balaban J connectivity index is 1.45. The van der Waals surface area contributed by atoms with Crippen LogP contribution in [0.25, 0.3) is 11.6 Å². The number of anilines is 1. The number of H-pyrrole nitrogens is 1. The molecular formula is C19H21N5O4S. The zero-order valence-corrected chi connectivity index (χ0v) is 16.9. The fraction of sp³-hybridized carbons (Fsp3) is 0.316. The van der Waals surface area contributed by atoms with Gasteiger partial charge in [0.1, 0.15) is 10.6 Å². The van der Waals surface area contributed by atoms with Gasteiger partial charge >= 0.3 is 0 Å². The van der Waals surface area contributed by atoms with Crippen LogP contribution in [0.3, 0.4) is 0 Å². The lowest BCUT2D eigenvalue weighted by Crippen LogP contribution is -2.48. The Morgan fingerprint density at radius 2 is 1.79 bits per heavy atom. The SMILES string of the molecule is CC(=O)c1ccc(N2CCN(S(=O)(=O)c3c[nH]c(-c4nnc(C)o4)c3)CC2)cc1. The van der Waals surface area contributed by atoms with Gasteiger partial charge in [0.2, 0.25) is 15.9 Å². The molecule has 3 heterocycles. The number of carbonyl (C=O) groups excluding carboxylic acids is 1. The van der Waals surface area contributed by atoms with Gasteiger partial charge in [0.15, 0.2) is 5.78 Å². The fourth-order valence-corrected chi connectivity index (χ4v) is 4.71. The summed E-state index contributed by atoms with van der Waals surface area (Å²) in [6, 6.07) is 8.88. The Morgan fingerprint density at radius 1 is 1.10 bits per heavy atom. The first-order chi connectivity index (χ1) is 13.8. The molecule has 29 heavy (non-hydrogen) atoms. The van der Waals surface area contributed by atoms with Crippen LogP contribution >= 0.6 is 0 Å². The second kappa shape index (κ2) is 7.45. The van der Waals surface area contributed by atoms with Gasteiger partial charge in [0.05, 0.1) is 0 Å². The number of piperazine rings is 1. The summed E-state index contributed by atoms with van der Waals surface area (Å²) >= 11 is 0. The number of nitrogens with one attached hydrogen (secondary N) is 1. The van der Waals surface area contributed by atoms with E-state index < -0.39 is 10.0 Å². The van der Waals surface area contributed by atoms with Crippen molar-refractivity contribution in [2.24, 2.45) is 0 Å². The van der Waals surface area contributed by atoms with Crippen LogP contribution in [0.4, 0.5) is 5.69 Å². The molecule has 3 aromatic rings. The Hall–Kier alpha value is -2.98. The van der Waals surface area contributed by atoms with Crippen LogP contribution in [0, 0.1) is 6.92 Å². The minimum absolute atomic E-state index is 0.0222. The number of hydrogen-bond donors (Lipinski definition) is 1. The largest absolute Gasteiger partial charge is 0.420 e. The quantitative estimate of drug-likeness (QED) is 0.635. The third-order valence-electron chi connectivity index (χ3n) is 4.93. The van der Waals surface area contributed by atoms with Crippen molar-refractivity contribution < 1.29 is 17.6 Å². The number of Topliss-reactive ketones (excluding diaryl/α,β-unsaturated/α-hetero) is 1. The molecule has 0 unspecified atom stereocenters. The molecule has 1 saturated heterocycles. The van der Waals surface area contributed by atoms with Crippen molar-refractivity contribution in [3.63, 3.8) is 0 Å². The van der Waals surface area contributed by atoms with Gasteiger partial charge < -0.3 is 14.3 Å². The van der Waals surface area contributed by atoms with Crippen molar-refractivity contribution in [3.05, 3.63) is 48.0 Å². The second-order valence-corrected chi connectivity index (χ2v) is 8.81. The molecule has 0 atom stereocenters. The third-order valence-corrected chi connectivity index (χ3v) is 6.80. The standard InChI is InChI=1S/C19H21N5O4S/c1-13(25)15-3-5-16(6-4-15)23-7-9-24(10-8-23)29(26,27)17-11-18(20-12-17)19-22-21-14(2)28-19/h3-6,11-12,20H,7-10H2,1-2H3. The maximum absolute atomic E-state index is 13.0. The lowest BCUT2D eigenvalue weighted by Gasteiger charge is -2.35. The molecule has 4 rings (SSSR count). The predicted octanol–water partition coefficient (Wildman–Crippen LogP) is 2.09. The summed E-state index contributed by atoms with van der Waals surface area (Å²) in [4.78, 5) is 16.6. The van der Waals surface area contributed by atoms with Crippen LogP contribution in [0.15, 0.2) is 45.8 Å². The summed E-state index contributed by atoms with van der Waals surface area (Å²) in [5.74, 6) is 0.684. The molecule has 2 aromatic heterocycles. The number of aromatic amines is 1. The van der Waals surface area contributed by atoms with Crippen LogP contribution in [-0.4, -0.2) is 59.9 Å². The van der Waals surface area contributed by atoms with Crippen LogP contribution in [0.5, 0.6) is 0 Å². The maximum atomic E-state index is 13.0. The average molecular weight is 415 g/mol. The molecule has 0 saturated carbocycles. The lowest BCUT2D eigenvalue weighted by atomic mass is 10.1. The molecule has 10 heteroatoms. The Bertz CT molecular complexity index is 1130. The topological polar surface area (TPSA) is 112 Å². The summed E-state index contributed by atoms with van der Waals surface area (Å²) < 4.78 is 32.8. The molecule has 1 aliphatic rings. The van der Waals surface area contributed by atoms with Crippen LogP contribution in [0.1, 0.15) is 23.2 Å². The average Bonchev–Trinajstić information content (AvgIpc) is 3.37. The highest BCUT2D eigenvalue weighted by Gasteiger charge is 2.30. The van der Waals surface area contributed by atoms with Crippen molar-refractivity contribution in [2.45, 2.75) is 18.7 Å². The Kier molecular flexibility index (Phi) is 4.97. The molecule has 1 aliphatic heterocycles. The van der Waals surface area contributed by atoms with Gasteiger partial charge in [-0.05, 0) is 37.3 Å². The summed E-state index contributed by atoms with van der Waals surface area (Å²) in [5, 5.41) is 7.66. The first-order valence-corrected chi connectivity index (χ1v) is 10.6.